The summed E-state index contributed by atoms with van der Waals surface area (Å²) in [5, 5.41) is 23.0. The van der Waals surface area contributed by atoms with E-state index in [4.69, 9.17) is 14.5 Å². The molecule has 1 aliphatic heterocycles. The van der Waals surface area contributed by atoms with Crippen molar-refractivity contribution in [3.63, 3.8) is 0 Å². The van der Waals surface area contributed by atoms with Crippen molar-refractivity contribution >= 4 is 27.4 Å². The molecule has 17 heteroatoms. The zero-order valence-corrected chi connectivity index (χ0v) is 27.3. The summed E-state index contributed by atoms with van der Waals surface area (Å²) in [6.07, 6.45) is 21.9. The quantitative estimate of drug-likeness (QED) is 0.0649. The third-order valence-corrected chi connectivity index (χ3v) is 8.40. The highest BCUT2D eigenvalue weighted by Crippen LogP contribution is 2.57. The number of hydrogen-bond donors (Lipinski definition) is 6. The summed E-state index contributed by atoms with van der Waals surface area (Å²) in [6, 6.07) is 1.28. The Bertz CT molecular complexity index is 1400. The number of amides is 1. The van der Waals surface area contributed by atoms with Crippen LogP contribution in [0.1, 0.15) is 64.5 Å². The molecule has 6 N–H and O–H groups in total. The molecule has 1 amide bonds. The van der Waals surface area contributed by atoms with Gasteiger partial charge in [0, 0.05) is 12.6 Å². The van der Waals surface area contributed by atoms with E-state index in [0.29, 0.717) is 12.8 Å². The molecule has 1 saturated heterocycles. The van der Waals surface area contributed by atoms with E-state index in [0.717, 1.165) is 36.7 Å². The minimum Gasteiger partial charge on any atom is -0.387 e. The second-order valence-corrected chi connectivity index (χ2v) is 12.9. The number of aliphatic hydroxyl groups is 2. The van der Waals surface area contributed by atoms with Gasteiger partial charge in [-0.05, 0) is 51.0 Å². The third-order valence-electron chi connectivity index (χ3n) is 6.25. The maximum absolute atomic E-state index is 12.5. The number of ether oxygens (including phenoxy) is 1. The molecule has 256 valence electrons. The Morgan fingerprint density at radius 3 is 2.07 bits per heavy atom. The molecule has 15 nitrogen and oxygen atoms in total. The van der Waals surface area contributed by atoms with Crippen LogP contribution in [0.25, 0.3) is 0 Å². The van der Waals surface area contributed by atoms with E-state index >= 15 is 0 Å². The number of rotatable bonds is 20. The summed E-state index contributed by atoms with van der Waals surface area (Å²) in [6.45, 7) is 1.20. The lowest BCUT2D eigenvalue weighted by molar-refractivity contribution is -0.116. The Labute approximate surface area is 267 Å². The van der Waals surface area contributed by atoms with Crippen molar-refractivity contribution in [1.29, 1.82) is 0 Å². The zero-order valence-electron chi connectivity index (χ0n) is 25.5. The van der Waals surface area contributed by atoms with Gasteiger partial charge in [-0.3, -0.25) is 13.9 Å². The summed E-state index contributed by atoms with van der Waals surface area (Å²) < 4.78 is 36.6. The lowest BCUT2D eigenvalue weighted by Gasteiger charge is -2.18. The SMILES string of the molecule is CC/C=C\C/C=C\C/C=C\C/C=C\C/C=C\CCCC(=O)Nc1ccn([C@@H]2O[C@H](COP(=O)(O)OP(=O)(O)O)C(O)C2O)c(=O)n1. The fraction of sp³-hybridized carbons (Fsp3) is 0.483. The monoisotopic (exact) mass is 687 g/mol. The van der Waals surface area contributed by atoms with Crippen molar-refractivity contribution in [2.24, 2.45) is 0 Å². The predicted octanol–water partition coefficient (Wildman–Crippen LogP) is 3.95. The van der Waals surface area contributed by atoms with Crippen molar-refractivity contribution < 1.29 is 52.4 Å². The molecular weight excluding hydrogens is 644 g/mol. The number of hydrogen-bond acceptors (Lipinski definition) is 10. The number of aliphatic hydroxyl groups excluding tert-OH is 2. The van der Waals surface area contributed by atoms with Gasteiger partial charge in [0.05, 0.1) is 6.61 Å². The van der Waals surface area contributed by atoms with Crippen LogP contribution in [0.5, 0.6) is 0 Å². The molecule has 0 saturated carbocycles. The lowest BCUT2D eigenvalue weighted by Crippen LogP contribution is -2.36. The predicted molar refractivity (Wildman–Crippen MR) is 170 cm³/mol. The largest absolute Gasteiger partial charge is 0.481 e. The van der Waals surface area contributed by atoms with Gasteiger partial charge in [0.15, 0.2) is 6.23 Å². The fourth-order valence-electron chi connectivity index (χ4n) is 4.05. The maximum Gasteiger partial charge on any atom is 0.481 e. The number of phosphoric ester groups is 1. The minimum atomic E-state index is -5.36. The average Bonchev–Trinajstić information content (AvgIpc) is 3.25. The van der Waals surface area contributed by atoms with Crippen LogP contribution in [0.15, 0.2) is 77.8 Å². The first-order chi connectivity index (χ1) is 21.8. The van der Waals surface area contributed by atoms with Gasteiger partial charge in [0.1, 0.15) is 24.1 Å². The van der Waals surface area contributed by atoms with Gasteiger partial charge >= 0.3 is 21.3 Å². The summed E-state index contributed by atoms with van der Waals surface area (Å²) in [4.78, 5) is 55.3. The topological polar surface area (TPSA) is 227 Å². The Balaban J connectivity index is 1.70. The molecule has 2 rings (SSSR count). The number of aromatic nitrogens is 2. The van der Waals surface area contributed by atoms with Crippen LogP contribution in [0.4, 0.5) is 5.82 Å². The van der Waals surface area contributed by atoms with E-state index < -0.39 is 52.5 Å². The number of nitrogens with zero attached hydrogens (tertiary/aromatic N) is 2. The molecule has 46 heavy (non-hydrogen) atoms. The normalized spacial score (nSPS) is 22.2. The van der Waals surface area contributed by atoms with E-state index in [-0.39, 0.29) is 18.1 Å². The van der Waals surface area contributed by atoms with Crippen LogP contribution < -0.4 is 11.0 Å². The van der Waals surface area contributed by atoms with Gasteiger partial charge in [0.25, 0.3) is 0 Å². The average molecular weight is 688 g/mol. The van der Waals surface area contributed by atoms with Gasteiger partial charge in [0.2, 0.25) is 5.91 Å². The van der Waals surface area contributed by atoms with Crippen LogP contribution in [0.3, 0.4) is 0 Å². The lowest BCUT2D eigenvalue weighted by atomic mass is 10.1. The summed E-state index contributed by atoms with van der Waals surface area (Å²) in [7, 11) is -10.6. The first-order valence-corrected chi connectivity index (χ1v) is 17.8. The molecule has 1 fully saturated rings. The van der Waals surface area contributed by atoms with Crippen molar-refractivity contribution in [1.82, 2.24) is 9.55 Å². The van der Waals surface area contributed by atoms with E-state index in [1.165, 1.54) is 12.3 Å². The van der Waals surface area contributed by atoms with E-state index in [1.54, 1.807) is 0 Å². The number of anilines is 1. The van der Waals surface area contributed by atoms with Crippen LogP contribution in [-0.4, -0.2) is 65.3 Å². The van der Waals surface area contributed by atoms with Crippen molar-refractivity contribution in [3.8, 4) is 0 Å². The second kappa shape index (κ2) is 20.4. The molecule has 0 aliphatic carbocycles. The van der Waals surface area contributed by atoms with Crippen LogP contribution in [0.2, 0.25) is 0 Å². The molecule has 3 unspecified atom stereocenters. The van der Waals surface area contributed by atoms with Gasteiger partial charge in [-0.1, -0.05) is 67.7 Å². The molecule has 5 atom stereocenters. The van der Waals surface area contributed by atoms with Crippen LogP contribution >= 0.6 is 15.6 Å². The third kappa shape index (κ3) is 15.7. The minimum absolute atomic E-state index is 0.0372. The van der Waals surface area contributed by atoms with E-state index in [1.807, 2.05) is 12.2 Å². The number of phosphoric acid groups is 2. The fourth-order valence-corrected chi connectivity index (χ4v) is 5.65. The van der Waals surface area contributed by atoms with Crippen LogP contribution in [0, 0.1) is 0 Å². The highest BCUT2D eigenvalue weighted by Gasteiger charge is 2.45. The summed E-state index contributed by atoms with van der Waals surface area (Å²) in [5.41, 5.74) is -0.938. The number of carbonyl (C=O) groups is 1. The smallest absolute Gasteiger partial charge is 0.387 e. The molecule has 1 aromatic heterocycles. The Kier molecular flexibility index (Phi) is 17.5. The highest BCUT2D eigenvalue weighted by molar-refractivity contribution is 7.60. The summed E-state index contributed by atoms with van der Waals surface area (Å²) in [5.74, 6) is -0.391. The molecule has 1 aliphatic rings. The van der Waals surface area contributed by atoms with Gasteiger partial charge in [-0.15, -0.1) is 0 Å². The number of nitrogens with one attached hydrogen (secondary N) is 1. The Morgan fingerprint density at radius 2 is 1.52 bits per heavy atom. The molecule has 1 aromatic rings. The molecule has 2 heterocycles. The first kappa shape index (κ1) is 39.4. The molecule has 0 spiro atoms. The first-order valence-electron chi connectivity index (χ1n) is 14.7. The molecule has 0 bridgehead atoms. The van der Waals surface area contributed by atoms with Crippen molar-refractivity contribution in [3.05, 3.63) is 83.5 Å². The Hall–Kier alpha value is -2.81. The second-order valence-electron chi connectivity index (χ2n) is 10.0. The number of allylic oxidation sites excluding steroid dienone is 10. The van der Waals surface area contributed by atoms with Crippen molar-refractivity contribution in [2.45, 2.75) is 82.8 Å². The van der Waals surface area contributed by atoms with Crippen LogP contribution in [-0.2, 0) is 27.5 Å². The Morgan fingerprint density at radius 1 is 0.957 bits per heavy atom. The molecule has 0 aromatic carbocycles. The van der Waals surface area contributed by atoms with E-state index in [2.05, 4.69) is 74.7 Å². The maximum atomic E-state index is 12.5. The number of carbonyl (C=O) groups excluding carboxylic acids is 1. The summed E-state index contributed by atoms with van der Waals surface area (Å²) >= 11 is 0. The van der Waals surface area contributed by atoms with E-state index in [9.17, 15) is 33.8 Å². The standard InChI is InChI=1S/C29H43N3O12P2/c1-2-3-4-5-6-7-8-9-10-11-12-13-14-15-16-17-18-19-25(33)30-24-20-21-32(29(36)31-24)28-27(35)26(34)23(43-28)22-42-46(40,41)44-45(37,38)39/h3-4,6-7,9-10,12-13,15-16,20-21,23,26-28,34-35H,2,5,8,11,14,17-19,22H2,1H3,(H,40,41)(H2,37,38,39)(H,30,31,33,36)/b4-3-,7-6-,10-9-,13-12-,16-15-/t23-,26?,27?,28-/m1/s1. The van der Waals surface area contributed by atoms with Gasteiger partial charge < -0.3 is 34.9 Å². The van der Waals surface area contributed by atoms with Crippen molar-refractivity contribution in [2.75, 3.05) is 11.9 Å². The zero-order chi connectivity index (χ0) is 34.0. The molecular formula is C29H43N3O12P2. The van der Waals surface area contributed by atoms with Gasteiger partial charge in [-0.25, -0.2) is 13.9 Å². The van der Waals surface area contributed by atoms with Gasteiger partial charge in [-0.2, -0.15) is 9.29 Å². The molecule has 0 radical (unpaired) electrons. The highest BCUT2D eigenvalue weighted by atomic mass is 31.3. The number of unbranched alkanes of at least 4 members (excludes halogenated alkanes) is 1.